The molecule has 1 heterocycles. The zero-order chi connectivity index (χ0) is 16.5. The number of carboxylic acid groups (broad SMARTS) is 1. The summed E-state index contributed by atoms with van der Waals surface area (Å²) in [7, 11) is 1.53. The van der Waals surface area contributed by atoms with Crippen molar-refractivity contribution in [1.29, 1.82) is 0 Å². The minimum Gasteiger partial charge on any atom is -0.496 e. The number of methoxy groups -OCH3 is 1. The van der Waals surface area contributed by atoms with Crippen LogP contribution in [0.2, 0.25) is 0 Å². The molecule has 1 aliphatic heterocycles. The van der Waals surface area contributed by atoms with Gasteiger partial charge in [-0.25, -0.2) is 9.59 Å². The summed E-state index contributed by atoms with van der Waals surface area (Å²) in [4.78, 5) is 25.1. The van der Waals surface area contributed by atoms with Crippen LogP contribution in [0.25, 0.3) is 0 Å². The molecule has 6 nitrogen and oxygen atoms in total. The monoisotopic (exact) mass is 307 g/mol. The van der Waals surface area contributed by atoms with E-state index in [9.17, 15) is 14.7 Å². The number of nitrogens with zero attached hydrogens (tertiary/aromatic N) is 1. The number of hydrogen-bond acceptors (Lipinski definition) is 4. The predicted molar refractivity (Wildman–Crippen MR) is 80.3 cm³/mol. The molecule has 1 aliphatic rings. The van der Waals surface area contributed by atoms with Gasteiger partial charge in [-0.2, -0.15) is 0 Å². The Kier molecular flexibility index (Phi) is 4.30. The first-order valence-corrected chi connectivity index (χ1v) is 7.13. The second-order valence-corrected chi connectivity index (χ2v) is 6.23. The molecule has 120 valence electrons. The molecule has 6 heteroatoms. The Morgan fingerprint density at radius 3 is 2.45 bits per heavy atom. The molecule has 0 atom stereocenters. The van der Waals surface area contributed by atoms with E-state index in [4.69, 9.17) is 9.47 Å². The zero-order valence-corrected chi connectivity index (χ0v) is 13.3. The number of benzene rings is 1. The maximum absolute atomic E-state index is 12.2. The molecule has 22 heavy (non-hydrogen) atoms. The average molecular weight is 307 g/mol. The smallest absolute Gasteiger partial charge is 0.410 e. The third-order valence-corrected chi connectivity index (χ3v) is 3.47. The summed E-state index contributed by atoms with van der Waals surface area (Å²) in [6.45, 7) is 6.15. The van der Waals surface area contributed by atoms with Crippen LogP contribution in [0.1, 0.15) is 42.3 Å². The molecule has 0 aliphatic carbocycles. The van der Waals surface area contributed by atoms with Crippen LogP contribution < -0.4 is 4.74 Å². The SMILES string of the molecule is COc1ccc(C(=O)O)c2c1CN(C(=O)OC(C)(C)C)CC2. The highest BCUT2D eigenvalue weighted by atomic mass is 16.6. The topological polar surface area (TPSA) is 76.1 Å². The summed E-state index contributed by atoms with van der Waals surface area (Å²) in [5.41, 5.74) is 1.16. The lowest BCUT2D eigenvalue weighted by Crippen LogP contribution is -2.40. The normalized spacial score (nSPS) is 14.3. The van der Waals surface area contributed by atoms with Gasteiger partial charge in [0.25, 0.3) is 0 Å². The van der Waals surface area contributed by atoms with Crippen molar-refractivity contribution in [3.63, 3.8) is 0 Å². The van der Waals surface area contributed by atoms with Crippen LogP contribution in [-0.2, 0) is 17.7 Å². The largest absolute Gasteiger partial charge is 0.496 e. The van der Waals surface area contributed by atoms with E-state index in [2.05, 4.69) is 0 Å². The zero-order valence-electron chi connectivity index (χ0n) is 13.3. The standard InChI is InChI=1S/C16H21NO5/c1-16(2,3)22-15(20)17-8-7-10-11(14(18)19)5-6-13(21-4)12(10)9-17/h5-6H,7-9H2,1-4H3,(H,18,19). The molecule has 0 saturated carbocycles. The molecule has 0 fully saturated rings. The number of carbonyl (C=O) groups excluding carboxylic acids is 1. The third kappa shape index (κ3) is 3.32. The van der Waals surface area contributed by atoms with Crippen molar-refractivity contribution >= 4 is 12.1 Å². The molecule has 1 N–H and O–H groups in total. The van der Waals surface area contributed by atoms with Crippen LogP contribution in [-0.4, -0.2) is 41.3 Å². The number of hydrogen-bond donors (Lipinski definition) is 1. The van der Waals surface area contributed by atoms with E-state index in [0.29, 0.717) is 18.7 Å². The molecule has 0 aromatic heterocycles. The van der Waals surface area contributed by atoms with Gasteiger partial charge >= 0.3 is 12.1 Å². The summed E-state index contributed by atoms with van der Waals surface area (Å²) in [6, 6.07) is 3.17. The Morgan fingerprint density at radius 1 is 1.23 bits per heavy atom. The van der Waals surface area contributed by atoms with E-state index in [-0.39, 0.29) is 12.1 Å². The van der Waals surface area contributed by atoms with E-state index >= 15 is 0 Å². The molecule has 0 unspecified atom stereocenters. The van der Waals surface area contributed by atoms with Gasteiger partial charge in [-0.3, -0.25) is 0 Å². The van der Waals surface area contributed by atoms with E-state index in [1.807, 2.05) is 20.8 Å². The van der Waals surface area contributed by atoms with Crippen LogP contribution in [0.15, 0.2) is 12.1 Å². The lowest BCUT2D eigenvalue weighted by molar-refractivity contribution is 0.0222. The second-order valence-electron chi connectivity index (χ2n) is 6.23. The van der Waals surface area contributed by atoms with E-state index < -0.39 is 17.7 Å². The Bertz CT molecular complexity index is 603. The number of aromatic carboxylic acids is 1. The van der Waals surface area contributed by atoms with Crippen molar-refractivity contribution in [3.8, 4) is 5.75 Å². The van der Waals surface area contributed by atoms with Crippen LogP contribution in [0, 0.1) is 0 Å². The fourth-order valence-electron chi connectivity index (χ4n) is 2.52. The maximum atomic E-state index is 12.2. The summed E-state index contributed by atoms with van der Waals surface area (Å²) in [5.74, 6) is -0.377. The van der Waals surface area contributed by atoms with Gasteiger partial charge in [0, 0.05) is 12.1 Å². The molecule has 2 rings (SSSR count). The highest BCUT2D eigenvalue weighted by Crippen LogP contribution is 2.31. The van der Waals surface area contributed by atoms with Gasteiger partial charge in [0.2, 0.25) is 0 Å². The van der Waals surface area contributed by atoms with Crippen molar-refractivity contribution in [3.05, 3.63) is 28.8 Å². The van der Waals surface area contributed by atoms with E-state index in [1.165, 1.54) is 7.11 Å². The molecular formula is C16H21NO5. The number of ether oxygens (including phenoxy) is 2. The van der Waals surface area contributed by atoms with Crippen LogP contribution >= 0.6 is 0 Å². The van der Waals surface area contributed by atoms with Gasteiger partial charge in [-0.05, 0) is 44.9 Å². The average Bonchev–Trinajstić information content (AvgIpc) is 2.43. The minimum absolute atomic E-state index is 0.264. The summed E-state index contributed by atoms with van der Waals surface area (Å²) in [6.07, 6.45) is 0.0638. The lowest BCUT2D eigenvalue weighted by Gasteiger charge is -2.32. The number of carboxylic acids is 1. The fourth-order valence-corrected chi connectivity index (χ4v) is 2.52. The van der Waals surface area contributed by atoms with Crippen LogP contribution in [0.4, 0.5) is 4.79 Å². The third-order valence-electron chi connectivity index (χ3n) is 3.47. The molecular weight excluding hydrogens is 286 g/mol. The van der Waals surface area contributed by atoms with Crippen LogP contribution in [0.3, 0.4) is 0 Å². The first-order chi connectivity index (χ1) is 10.2. The maximum Gasteiger partial charge on any atom is 0.410 e. The molecule has 0 bridgehead atoms. The van der Waals surface area contributed by atoms with Crippen molar-refractivity contribution in [2.24, 2.45) is 0 Å². The number of fused-ring (bicyclic) bond motifs is 1. The highest BCUT2D eigenvalue weighted by molar-refractivity contribution is 5.90. The fraction of sp³-hybridized carbons (Fsp3) is 0.500. The Labute approximate surface area is 129 Å². The van der Waals surface area contributed by atoms with Crippen molar-refractivity contribution in [2.45, 2.75) is 39.3 Å². The Morgan fingerprint density at radius 2 is 1.91 bits per heavy atom. The van der Waals surface area contributed by atoms with Gasteiger partial charge in [-0.1, -0.05) is 0 Å². The first-order valence-electron chi connectivity index (χ1n) is 7.13. The summed E-state index contributed by atoms with van der Waals surface area (Å²) >= 11 is 0. The van der Waals surface area contributed by atoms with E-state index in [0.717, 1.165) is 11.1 Å². The predicted octanol–water partition coefficient (Wildman–Crippen LogP) is 2.69. The van der Waals surface area contributed by atoms with Crippen molar-refractivity contribution in [2.75, 3.05) is 13.7 Å². The van der Waals surface area contributed by atoms with Gasteiger partial charge in [0.1, 0.15) is 11.4 Å². The number of carbonyl (C=O) groups is 2. The molecule has 0 saturated heterocycles. The lowest BCUT2D eigenvalue weighted by atomic mass is 9.93. The molecule has 1 aromatic carbocycles. The second kappa shape index (κ2) is 5.87. The van der Waals surface area contributed by atoms with Gasteiger partial charge in [0.05, 0.1) is 19.2 Å². The molecule has 0 radical (unpaired) electrons. The van der Waals surface area contributed by atoms with Crippen molar-refractivity contribution in [1.82, 2.24) is 4.90 Å². The minimum atomic E-state index is -0.968. The summed E-state index contributed by atoms with van der Waals surface area (Å²) < 4.78 is 10.7. The molecule has 1 amide bonds. The summed E-state index contributed by atoms with van der Waals surface area (Å²) in [5, 5.41) is 9.29. The van der Waals surface area contributed by atoms with Gasteiger partial charge < -0.3 is 19.5 Å². The van der Waals surface area contributed by atoms with Crippen molar-refractivity contribution < 1.29 is 24.2 Å². The number of amides is 1. The van der Waals surface area contributed by atoms with Crippen LogP contribution in [0.5, 0.6) is 5.75 Å². The van der Waals surface area contributed by atoms with Gasteiger partial charge in [-0.15, -0.1) is 0 Å². The Balaban J connectivity index is 2.31. The Hall–Kier alpha value is -2.24. The quantitative estimate of drug-likeness (QED) is 0.909. The van der Waals surface area contributed by atoms with E-state index in [1.54, 1.807) is 17.0 Å². The highest BCUT2D eigenvalue weighted by Gasteiger charge is 2.29. The molecule has 0 spiro atoms. The number of rotatable bonds is 2. The first kappa shape index (κ1) is 16.1. The van der Waals surface area contributed by atoms with Gasteiger partial charge in [0.15, 0.2) is 0 Å². The molecule has 1 aromatic rings.